The molecule has 0 aliphatic heterocycles. The maximum absolute atomic E-state index is 12.8. The Morgan fingerprint density at radius 3 is 2.69 bits per heavy atom. The molecule has 1 aromatic rings. The first kappa shape index (κ1) is 10.4. The minimum atomic E-state index is -0.641. The lowest BCUT2D eigenvalue weighted by Gasteiger charge is -2.07. The second kappa shape index (κ2) is 4.56. The summed E-state index contributed by atoms with van der Waals surface area (Å²) in [5.41, 5.74) is 5.87. The number of halogens is 2. The SMILES string of the molecule is NCC(O)Cc1cc(F)cc(Cl)c1. The molecule has 0 fully saturated rings. The van der Waals surface area contributed by atoms with Crippen LogP contribution in [0.3, 0.4) is 0 Å². The fourth-order valence-electron chi connectivity index (χ4n) is 1.08. The van der Waals surface area contributed by atoms with Gasteiger partial charge in [-0.2, -0.15) is 0 Å². The van der Waals surface area contributed by atoms with Gasteiger partial charge in [0.15, 0.2) is 0 Å². The molecule has 0 saturated heterocycles. The Labute approximate surface area is 81.1 Å². The summed E-state index contributed by atoms with van der Waals surface area (Å²) in [6.45, 7) is 0.161. The maximum atomic E-state index is 12.8. The van der Waals surface area contributed by atoms with Crippen molar-refractivity contribution in [1.29, 1.82) is 0 Å². The number of benzene rings is 1. The molecule has 0 aromatic heterocycles. The van der Waals surface area contributed by atoms with Crippen molar-refractivity contribution >= 4 is 11.6 Å². The van der Waals surface area contributed by atoms with Gasteiger partial charge < -0.3 is 10.8 Å². The summed E-state index contributed by atoms with van der Waals surface area (Å²) in [5.74, 6) is -0.397. The molecule has 0 aliphatic rings. The van der Waals surface area contributed by atoms with Gasteiger partial charge in [-0.3, -0.25) is 0 Å². The first-order chi connectivity index (χ1) is 6.11. The summed E-state index contributed by atoms with van der Waals surface area (Å²) in [4.78, 5) is 0. The first-order valence-corrected chi connectivity index (χ1v) is 4.32. The Balaban J connectivity index is 2.77. The van der Waals surface area contributed by atoms with Gasteiger partial charge in [-0.25, -0.2) is 4.39 Å². The zero-order valence-corrected chi connectivity index (χ0v) is 7.76. The summed E-state index contributed by atoms with van der Waals surface area (Å²) in [5, 5.41) is 9.54. The average molecular weight is 204 g/mol. The molecule has 1 aromatic carbocycles. The van der Waals surface area contributed by atoms with Crippen molar-refractivity contribution in [3.8, 4) is 0 Å². The van der Waals surface area contributed by atoms with Crippen LogP contribution in [0.15, 0.2) is 18.2 Å². The third kappa shape index (κ3) is 3.30. The highest BCUT2D eigenvalue weighted by molar-refractivity contribution is 6.30. The van der Waals surface area contributed by atoms with Crippen LogP contribution in [-0.2, 0) is 6.42 Å². The molecule has 4 heteroatoms. The molecule has 2 nitrogen and oxygen atoms in total. The molecule has 3 N–H and O–H groups in total. The predicted octanol–water partition coefficient (Wildman–Crippen LogP) is 1.34. The normalized spacial score (nSPS) is 12.9. The molecule has 0 radical (unpaired) electrons. The largest absolute Gasteiger partial charge is 0.391 e. The van der Waals surface area contributed by atoms with Crippen molar-refractivity contribution in [3.63, 3.8) is 0 Å². The maximum Gasteiger partial charge on any atom is 0.124 e. The van der Waals surface area contributed by atoms with Gasteiger partial charge in [0.2, 0.25) is 0 Å². The second-order valence-corrected chi connectivity index (χ2v) is 3.31. The summed E-state index contributed by atoms with van der Waals surface area (Å²) in [6.07, 6.45) is -0.314. The number of hydrogen-bond donors (Lipinski definition) is 2. The standard InChI is InChI=1S/C9H11ClFNO/c10-7-1-6(2-8(11)4-7)3-9(13)5-12/h1-2,4,9,13H,3,5,12H2. The zero-order chi connectivity index (χ0) is 9.84. The van der Waals surface area contributed by atoms with E-state index in [-0.39, 0.29) is 6.54 Å². The minimum Gasteiger partial charge on any atom is -0.391 e. The van der Waals surface area contributed by atoms with Gasteiger partial charge in [0, 0.05) is 11.6 Å². The van der Waals surface area contributed by atoms with E-state index in [1.54, 1.807) is 6.07 Å². The molecule has 0 spiro atoms. The zero-order valence-electron chi connectivity index (χ0n) is 7.00. The van der Waals surface area contributed by atoms with Gasteiger partial charge in [0.1, 0.15) is 5.82 Å². The Bertz CT molecular complexity index is 273. The van der Waals surface area contributed by atoms with Crippen molar-refractivity contribution in [2.75, 3.05) is 6.54 Å². The Morgan fingerprint density at radius 2 is 2.15 bits per heavy atom. The van der Waals surface area contributed by atoms with Crippen LogP contribution in [0.4, 0.5) is 4.39 Å². The monoisotopic (exact) mass is 203 g/mol. The molecular formula is C9H11ClFNO. The van der Waals surface area contributed by atoms with E-state index < -0.39 is 11.9 Å². The van der Waals surface area contributed by atoms with E-state index in [1.165, 1.54) is 12.1 Å². The van der Waals surface area contributed by atoms with E-state index in [9.17, 15) is 9.50 Å². The van der Waals surface area contributed by atoms with Gasteiger partial charge in [-0.05, 0) is 30.2 Å². The van der Waals surface area contributed by atoms with Gasteiger partial charge in [0.05, 0.1) is 6.10 Å². The number of nitrogens with two attached hydrogens (primary N) is 1. The van der Waals surface area contributed by atoms with E-state index in [4.69, 9.17) is 17.3 Å². The van der Waals surface area contributed by atoms with E-state index in [1.807, 2.05) is 0 Å². The van der Waals surface area contributed by atoms with E-state index in [2.05, 4.69) is 0 Å². The number of aliphatic hydroxyl groups excluding tert-OH is 1. The van der Waals surface area contributed by atoms with Gasteiger partial charge in [-0.1, -0.05) is 11.6 Å². The molecule has 0 bridgehead atoms. The summed E-state index contributed by atoms with van der Waals surface area (Å²) >= 11 is 5.62. The van der Waals surface area contributed by atoms with E-state index >= 15 is 0 Å². The van der Waals surface area contributed by atoms with Crippen LogP contribution in [0.1, 0.15) is 5.56 Å². The molecule has 72 valence electrons. The topological polar surface area (TPSA) is 46.2 Å². The molecule has 0 heterocycles. The van der Waals surface area contributed by atoms with Gasteiger partial charge in [-0.15, -0.1) is 0 Å². The highest BCUT2D eigenvalue weighted by Gasteiger charge is 2.05. The minimum absolute atomic E-state index is 0.161. The molecule has 0 aliphatic carbocycles. The summed E-state index contributed by atoms with van der Waals surface area (Å²) < 4.78 is 12.8. The van der Waals surface area contributed by atoms with Crippen LogP contribution in [0.5, 0.6) is 0 Å². The fraction of sp³-hybridized carbons (Fsp3) is 0.333. The molecular weight excluding hydrogens is 193 g/mol. The van der Waals surface area contributed by atoms with Crippen molar-refractivity contribution in [1.82, 2.24) is 0 Å². The third-order valence-corrected chi connectivity index (χ3v) is 1.88. The summed E-state index contributed by atoms with van der Waals surface area (Å²) in [6, 6.07) is 4.17. The van der Waals surface area contributed by atoms with E-state index in [0.717, 1.165) is 0 Å². The van der Waals surface area contributed by atoms with Crippen molar-refractivity contribution in [3.05, 3.63) is 34.6 Å². The van der Waals surface area contributed by atoms with Gasteiger partial charge >= 0.3 is 0 Å². The molecule has 13 heavy (non-hydrogen) atoms. The van der Waals surface area contributed by atoms with Crippen molar-refractivity contribution in [2.45, 2.75) is 12.5 Å². The van der Waals surface area contributed by atoms with Crippen molar-refractivity contribution < 1.29 is 9.50 Å². The lowest BCUT2D eigenvalue weighted by molar-refractivity contribution is 0.183. The molecule has 0 amide bonds. The summed E-state index contributed by atoms with van der Waals surface area (Å²) in [7, 11) is 0. The molecule has 1 rings (SSSR count). The average Bonchev–Trinajstić information content (AvgIpc) is 2.02. The fourth-order valence-corrected chi connectivity index (χ4v) is 1.33. The Morgan fingerprint density at radius 1 is 1.46 bits per heavy atom. The Hall–Kier alpha value is -0.640. The first-order valence-electron chi connectivity index (χ1n) is 3.95. The van der Waals surface area contributed by atoms with Crippen LogP contribution in [-0.4, -0.2) is 17.8 Å². The third-order valence-electron chi connectivity index (χ3n) is 1.67. The molecule has 1 atom stereocenters. The number of rotatable bonds is 3. The highest BCUT2D eigenvalue weighted by atomic mass is 35.5. The smallest absolute Gasteiger partial charge is 0.124 e. The van der Waals surface area contributed by atoms with Crippen molar-refractivity contribution in [2.24, 2.45) is 5.73 Å². The predicted molar refractivity (Wildman–Crippen MR) is 50.2 cm³/mol. The van der Waals surface area contributed by atoms with Crippen LogP contribution in [0.2, 0.25) is 5.02 Å². The van der Waals surface area contributed by atoms with Crippen LogP contribution < -0.4 is 5.73 Å². The second-order valence-electron chi connectivity index (χ2n) is 2.87. The lowest BCUT2D eigenvalue weighted by atomic mass is 10.1. The van der Waals surface area contributed by atoms with Gasteiger partial charge in [0.25, 0.3) is 0 Å². The van der Waals surface area contributed by atoms with E-state index in [0.29, 0.717) is 17.0 Å². The highest BCUT2D eigenvalue weighted by Crippen LogP contribution is 2.15. The molecule has 0 saturated carbocycles. The van der Waals surface area contributed by atoms with Crippen LogP contribution in [0.25, 0.3) is 0 Å². The van der Waals surface area contributed by atoms with Crippen LogP contribution in [0, 0.1) is 5.82 Å². The number of aliphatic hydroxyl groups is 1. The quantitative estimate of drug-likeness (QED) is 0.779. The number of hydrogen-bond acceptors (Lipinski definition) is 2. The Kier molecular flexibility index (Phi) is 3.66. The molecule has 1 unspecified atom stereocenters. The lowest BCUT2D eigenvalue weighted by Crippen LogP contribution is -2.21. The van der Waals surface area contributed by atoms with Crippen LogP contribution >= 0.6 is 11.6 Å².